The molecule has 0 aliphatic carbocycles. The van der Waals surface area contributed by atoms with Crippen LogP contribution < -0.4 is 0 Å². The Balaban J connectivity index is 2.21. The Kier molecular flexibility index (Phi) is 3.67. The molecule has 0 spiro atoms. The molecule has 1 aromatic carbocycles. The van der Waals surface area contributed by atoms with E-state index in [-0.39, 0.29) is 5.91 Å². The smallest absolute Gasteiger partial charge is 0.264 e. The van der Waals surface area contributed by atoms with Gasteiger partial charge >= 0.3 is 0 Å². The van der Waals surface area contributed by atoms with Crippen molar-refractivity contribution < 1.29 is 4.79 Å². The Bertz CT molecular complexity index is 377. The molecule has 1 aliphatic heterocycles. The van der Waals surface area contributed by atoms with E-state index in [1.54, 1.807) is 28.8 Å². The van der Waals surface area contributed by atoms with Gasteiger partial charge in [-0.3, -0.25) is 4.79 Å². The van der Waals surface area contributed by atoms with E-state index in [0.29, 0.717) is 11.4 Å². The predicted octanol–water partition coefficient (Wildman–Crippen LogP) is 2.85. The number of hydrogen-bond acceptors (Lipinski definition) is 2. The SMILES string of the molecule is O=C(N1CCSC1)C(Cl)(Cl)c1ccccc1. The lowest BCUT2D eigenvalue weighted by molar-refractivity contribution is -0.130. The maximum atomic E-state index is 12.1. The second kappa shape index (κ2) is 4.86. The normalized spacial score (nSPS) is 16.5. The number of halogens is 2. The lowest BCUT2D eigenvalue weighted by Crippen LogP contribution is -2.38. The fraction of sp³-hybridized carbons (Fsp3) is 0.364. The van der Waals surface area contributed by atoms with Crippen molar-refractivity contribution >= 4 is 40.9 Å². The fourth-order valence-corrected chi connectivity index (χ4v) is 2.98. The molecule has 1 fully saturated rings. The highest BCUT2D eigenvalue weighted by molar-refractivity contribution is 7.99. The van der Waals surface area contributed by atoms with Crippen LogP contribution >= 0.6 is 35.0 Å². The summed E-state index contributed by atoms with van der Waals surface area (Å²) in [5.74, 6) is 1.39. The highest BCUT2D eigenvalue weighted by Gasteiger charge is 2.39. The standard InChI is InChI=1S/C11H11Cl2NOS/c12-11(13,9-4-2-1-3-5-9)10(15)14-6-7-16-8-14/h1-5H,6-8H2. The van der Waals surface area contributed by atoms with E-state index in [4.69, 9.17) is 23.2 Å². The van der Waals surface area contributed by atoms with Gasteiger partial charge in [-0.25, -0.2) is 0 Å². The van der Waals surface area contributed by atoms with Gasteiger partial charge in [-0.2, -0.15) is 0 Å². The first-order valence-electron chi connectivity index (χ1n) is 4.93. The van der Waals surface area contributed by atoms with Crippen LogP contribution in [0.5, 0.6) is 0 Å². The number of benzene rings is 1. The summed E-state index contributed by atoms with van der Waals surface area (Å²) in [7, 11) is 0. The van der Waals surface area contributed by atoms with E-state index in [1.165, 1.54) is 0 Å². The number of alkyl halides is 2. The third-order valence-corrected chi connectivity index (χ3v) is 4.17. The fourth-order valence-electron chi connectivity index (χ4n) is 1.54. The zero-order chi connectivity index (χ0) is 11.6. The summed E-state index contributed by atoms with van der Waals surface area (Å²) in [6.45, 7) is 0.720. The minimum Gasteiger partial charge on any atom is -0.330 e. The van der Waals surface area contributed by atoms with Crippen LogP contribution in [0.25, 0.3) is 0 Å². The number of rotatable bonds is 2. The van der Waals surface area contributed by atoms with Gasteiger partial charge in [0.05, 0.1) is 5.88 Å². The molecule has 16 heavy (non-hydrogen) atoms. The van der Waals surface area contributed by atoms with Gasteiger partial charge in [-0.1, -0.05) is 53.5 Å². The molecule has 0 atom stereocenters. The summed E-state index contributed by atoms with van der Waals surface area (Å²) in [6, 6.07) is 9.04. The van der Waals surface area contributed by atoms with Crippen LogP contribution in [0.15, 0.2) is 30.3 Å². The molecule has 1 aromatic rings. The lowest BCUT2D eigenvalue weighted by atomic mass is 10.1. The summed E-state index contributed by atoms with van der Waals surface area (Å²) in [4.78, 5) is 13.8. The number of thioether (sulfide) groups is 1. The maximum absolute atomic E-state index is 12.1. The van der Waals surface area contributed by atoms with Gasteiger partial charge in [-0.15, -0.1) is 11.8 Å². The van der Waals surface area contributed by atoms with Crippen LogP contribution in [-0.4, -0.2) is 29.0 Å². The third-order valence-electron chi connectivity index (χ3n) is 2.44. The van der Waals surface area contributed by atoms with Crippen LogP contribution in [0.2, 0.25) is 0 Å². The molecule has 1 saturated heterocycles. The van der Waals surface area contributed by atoms with Gasteiger partial charge in [0.15, 0.2) is 0 Å². The quantitative estimate of drug-likeness (QED) is 0.774. The van der Waals surface area contributed by atoms with E-state index >= 15 is 0 Å². The molecular weight excluding hydrogens is 265 g/mol. The first kappa shape index (κ1) is 12.1. The summed E-state index contributed by atoms with van der Waals surface area (Å²) in [6.07, 6.45) is 0. The molecule has 0 radical (unpaired) electrons. The maximum Gasteiger partial charge on any atom is 0.264 e. The first-order chi connectivity index (χ1) is 7.62. The van der Waals surface area contributed by atoms with E-state index < -0.39 is 4.33 Å². The van der Waals surface area contributed by atoms with Crippen molar-refractivity contribution in [2.24, 2.45) is 0 Å². The van der Waals surface area contributed by atoms with Crippen molar-refractivity contribution in [3.8, 4) is 0 Å². The topological polar surface area (TPSA) is 20.3 Å². The molecule has 86 valence electrons. The van der Waals surface area contributed by atoms with Crippen LogP contribution in [0, 0.1) is 0 Å². The average Bonchev–Trinajstić information content (AvgIpc) is 2.82. The van der Waals surface area contributed by atoms with Crippen molar-refractivity contribution in [2.75, 3.05) is 18.2 Å². The number of amides is 1. The van der Waals surface area contributed by atoms with Crippen molar-refractivity contribution in [3.63, 3.8) is 0 Å². The Labute approximate surface area is 109 Å². The second-order valence-corrected chi connectivity index (χ2v) is 5.95. The number of nitrogens with zero attached hydrogens (tertiary/aromatic N) is 1. The van der Waals surface area contributed by atoms with Crippen molar-refractivity contribution in [2.45, 2.75) is 4.33 Å². The van der Waals surface area contributed by atoms with Crippen molar-refractivity contribution in [1.82, 2.24) is 4.90 Å². The van der Waals surface area contributed by atoms with Gasteiger partial charge in [0.2, 0.25) is 4.33 Å². The third kappa shape index (κ3) is 2.31. The van der Waals surface area contributed by atoms with Gasteiger partial charge in [0.25, 0.3) is 5.91 Å². The molecule has 1 amide bonds. The molecule has 2 rings (SSSR count). The lowest BCUT2D eigenvalue weighted by Gasteiger charge is -2.24. The predicted molar refractivity (Wildman–Crippen MR) is 68.9 cm³/mol. The average molecular weight is 276 g/mol. The number of carbonyl (C=O) groups excluding carboxylic acids is 1. The van der Waals surface area contributed by atoms with Crippen molar-refractivity contribution in [1.29, 1.82) is 0 Å². The van der Waals surface area contributed by atoms with E-state index in [2.05, 4.69) is 0 Å². The second-order valence-electron chi connectivity index (χ2n) is 3.55. The number of hydrogen-bond donors (Lipinski definition) is 0. The van der Waals surface area contributed by atoms with Gasteiger partial charge in [-0.05, 0) is 5.56 Å². The molecule has 1 heterocycles. The summed E-state index contributed by atoms with van der Waals surface area (Å²) < 4.78 is -1.47. The summed E-state index contributed by atoms with van der Waals surface area (Å²) in [5.41, 5.74) is 0.625. The van der Waals surface area contributed by atoms with Crippen LogP contribution in [0.4, 0.5) is 0 Å². The highest BCUT2D eigenvalue weighted by atomic mass is 35.5. The van der Waals surface area contributed by atoms with Gasteiger partial charge in [0.1, 0.15) is 0 Å². The van der Waals surface area contributed by atoms with Gasteiger partial charge in [0, 0.05) is 12.3 Å². The Hall–Kier alpha value is -0.380. The summed E-state index contributed by atoms with van der Waals surface area (Å²) in [5, 5.41) is 0. The molecule has 1 aliphatic rings. The Morgan fingerprint density at radius 2 is 2.00 bits per heavy atom. The van der Waals surface area contributed by atoms with E-state index in [1.807, 2.05) is 18.2 Å². The molecule has 2 nitrogen and oxygen atoms in total. The number of carbonyl (C=O) groups is 1. The van der Waals surface area contributed by atoms with Crippen LogP contribution in [0.3, 0.4) is 0 Å². The van der Waals surface area contributed by atoms with Crippen molar-refractivity contribution in [3.05, 3.63) is 35.9 Å². The molecular formula is C11H11Cl2NOS. The highest BCUT2D eigenvalue weighted by Crippen LogP contribution is 2.36. The molecule has 0 unspecified atom stereocenters. The first-order valence-corrected chi connectivity index (χ1v) is 6.84. The zero-order valence-corrected chi connectivity index (χ0v) is 10.9. The van der Waals surface area contributed by atoms with Crippen LogP contribution in [-0.2, 0) is 9.13 Å². The van der Waals surface area contributed by atoms with Gasteiger partial charge < -0.3 is 4.90 Å². The Morgan fingerprint density at radius 3 is 2.56 bits per heavy atom. The molecule has 0 saturated carbocycles. The molecule has 0 bridgehead atoms. The largest absolute Gasteiger partial charge is 0.330 e. The monoisotopic (exact) mass is 275 g/mol. The molecule has 0 N–H and O–H groups in total. The molecule has 0 aromatic heterocycles. The minimum absolute atomic E-state index is 0.230. The summed E-state index contributed by atoms with van der Waals surface area (Å²) >= 11 is 14.0. The van der Waals surface area contributed by atoms with E-state index in [0.717, 1.165) is 12.3 Å². The van der Waals surface area contributed by atoms with E-state index in [9.17, 15) is 4.79 Å². The minimum atomic E-state index is -1.47. The zero-order valence-electron chi connectivity index (χ0n) is 8.53. The van der Waals surface area contributed by atoms with Crippen LogP contribution in [0.1, 0.15) is 5.56 Å². The Morgan fingerprint density at radius 1 is 1.31 bits per heavy atom. The molecule has 5 heteroatoms.